The molecule has 0 aliphatic heterocycles. The standard InChI is InChI=1S/C56H40N2/c1-55(2)46-27-12-10-26-45(46)54-50(55)31-17-33-52(54)57(38-20-4-3-5-21-38)39-34-35-44-43-25-11-15-32-51(43)58(53(44)36-39)56(47-30-16-19-37-18-6-7-22-40(37)47)48-28-13-8-23-41(48)42-24-9-14-29-49(42)56/h3-36H,1-2H3. The van der Waals surface area contributed by atoms with E-state index < -0.39 is 5.54 Å². The minimum absolute atomic E-state index is 0.116. The number of para-hydroxylation sites is 2. The first-order valence-electron chi connectivity index (χ1n) is 20.4. The molecule has 12 rings (SSSR count). The van der Waals surface area contributed by atoms with Gasteiger partial charge in [0.15, 0.2) is 0 Å². The molecule has 2 heteroatoms. The molecule has 1 aromatic heterocycles. The largest absolute Gasteiger partial charge is 0.322 e. The minimum Gasteiger partial charge on any atom is -0.322 e. The third kappa shape index (κ3) is 4.32. The van der Waals surface area contributed by atoms with Crippen LogP contribution in [-0.2, 0) is 11.0 Å². The number of rotatable bonds is 5. The zero-order valence-electron chi connectivity index (χ0n) is 32.5. The lowest BCUT2D eigenvalue weighted by Gasteiger charge is -2.37. The van der Waals surface area contributed by atoms with Crippen LogP contribution in [0.1, 0.15) is 41.7 Å². The Balaban J connectivity index is 1.23. The summed E-state index contributed by atoms with van der Waals surface area (Å²) in [5, 5.41) is 4.97. The van der Waals surface area contributed by atoms with Crippen molar-refractivity contribution in [3.63, 3.8) is 0 Å². The molecular formula is C56H40N2. The van der Waals surface area contributed by atoms with Crippen molar-refractivity contribution < 1.29 is 0 Å². The summed E-state index contributed by atoms with van der Waals surface area (Å²) in [4.78, 5) is 2.49. The third-order valence-corrected chi connectivity index (χ3v) is 13.2. The molecule has 2 nitrogen and oxygen atoms in total. The van der Waals surface area contributed by atoms with Crippen LogP contribution in [-0.4, -0.2) is 4.57 Å². The van der Waals surface area contributed by atoms with Gasteiger partial charge in [0.1, 0.15) is 5.54 Å². The van der Waals surface area contributed by atoms with Crippen LogP contribution in [0.2, 0.25) is 0 Å². The predicted molar refractivity (Wildman–Crippen MR) is 243 cm³/mol. The first-order chi connectivity index (χ1) is 28.6. The van der Waals surface area contributed by atoms with E-state index >= 15 is 0 Å². The Morgan fingerprint density at radius 3 is 1.71 bits per heavy atom. The van der Waals surface area contributed by atoms with Gasteiger partial charge in [0.25, 0.3) is 0 Å². The van der Waals surface area contributed by atoms with Gasteiger partial charge in [0.2, 0.25) is 0 Å². The number of benzene rings is 9. The van der Waals surface area contributed by atoms with E-state index in [1.807, 2.05) is 0 Å². The number of hydrogen-bond donors (Lipinski definition) is 0. The average molecular weight is 741 g/mol. The van der Waals surface area contributed by atoms with E-state index in [1.54, 1.807) is 0 Å². The smallest absolute Gasteiger partial charge is 0.123 e. The van der Waals surface area contributed by atoms with Gasteiger partial charge in [0.05, 0.1) is 16.7 Å². The molecular weight excluding hydrogens is 701 g/mol. The van der Waals surface area contributed by atoms with E-state index in [0.717, 1.165) is 11.4 Å². The van der Waals surface area contributed by atoms with Gasteiger partial charge in [-0.1, -0.05) is 184 Å². The fraction of sp³-hybridized carbons (Fsp3) is 0.0714. The summed E-state index contributed by atoms with van der Waals surface area (Å²) in [6.45, 7) is 4.73. The predicted octanol–water partition coefficient (Wildman–Crippen LogP) is 14.5. The molecule has 274 valence electrons. The summed E-state index contributed by atoms with van der Waals surface area (Å²) < 4.78 is 2.69. The Morgan fingerprint density at radius 1 is 0.379 bits per heavy atom. The molecule has 0 saturated heterocycles. The molecule has 2 aliphatic rings. The summed E-state index contributed by atoms with van der Waals surface area (Å²) in [5.74, 6) is 0. The van der Waals surface area contributed by atoms with Crippen LogP contribution in [0, 0.1) is 0 Å². The zero-order chi connectivity index (χ0) is 38.6. The number of hydrogen-bond acceptors (Lipinski definition) is 1. The minimum atomic E-state index is -0.678. The normalized spacial score (nSPS) is 14.3. The summed E-state index contributed by atoms with van der Waals surface area (Å²) in [6, 6.07) is 76.9. The molecule has 0 radical (unpaired) electrons. The van der Waals surface area contributed by atoms with Gasteiger partial charge in [-0.15, -0.1) is 0 Å². The van der Waals surface area contributed by atoms with Crippen LogP contribution in [0.15, 0.2) is 206 Å². The second-order valence-electron chi connectivity index (χ2n) is 16.4. The highest BCUT2D eigenvalue weighted by molar-refractivity contribution is 6.11. The molecule has 58 heavy (non-hydrogen) atoms. The molecule has 1 heterocycles. The van der Waals surface area contributed by atoms with E-state index in [2.05, 4.69) is 230 Å². The molecule has 2 aliphatic carbocycles. The summed E-state index contributed by atoms with van der Waals surface area (Å²) in [6.07, 6.45) is 0. The van der Waals surface area contributed by atoms with Crippen molar-refractivity contribution in [1.82, 2.24) is 4.57 Å². The van der Waals surface area contributed by atoms with Gasteiger partial charge in [-0.25, -0.2) is 0 Å². The van der Waals surface area contributed by atoms with Crippen molar-refractivity contribution in [1.29, 1.82) is 0 Å². The second kappa shape index (κ2) is 12.2. The Labute approximate surface area is 338 Å². The average Bonchev–Trinajstić information content (AvgIpc) is 3.85. The fourth-order valence-corrected chi connectivity index (χ4v) is 10.8. The van der Waals surface area contributed by atoms with Crippen molar-refractivity contribution >= 4 is 49.6 Å². The van der Waals surface area contributed by atoms with Gasteiger partial charge < -0.3 is 9.47 Å². The van der Waals surface area contributed by atoms with E-state index in [1.165, 1.54) is 88.3 Å². The van der Waals surface area contributed by atoms with Crippen molar-refractivity contribution in [3.8, 4) is 22.3 Å². The van der Waals surface area contributed by atoms with Crippen LogP contribution in [0.4, 0.5) is 17.1 Å². The van der Waals surface area contributed by atoms with Crippen molar-refractivity contribution in [2.75, 3.05) is 4.90 Å². The van der Waals surface area contributed by atoms with Crippen LogP contribution >= 0.6 is 0 Å². The topological polar surface area (TPSA) is 8.17 Å². The lowest BCUT2D eigenvalue weighted by Crippen LogP contribution is -2.36. The van der Waals surface area contributed by atoms with Gasteiger partial charge in [-0.05, 0) is 91.7 Å². The third-order valence-electron chi connectivity index (χ3n) is 13.2. The molecule has 0 amide bonds. The maximum absolute atomic E-state index is 2.69. The quantitative estimate of drug-likeness (QED) is 0.171. The fourth-order valence-electron chi connectivity index (χ4n) is 10.8. The summed E-state index contributed by atoms with van der Waals surface area (Å²) in [7, 11) is 0. The molecule has 0 bridgehead atoms. The maximum atomic E-state index is 2.69. The molecule has 0 spiro atoms. The number of aromatic nitrogens is 1. The molecule has 0 atom stereocenters. The SMILES string of the molecule is CC1(C)c2ccccc2-c2c(N(c3ccccc3)c3ccc4c5ccccc5n(C5(c6cccc7ccccc67)c6ccccc6-c6ccccc65)c4c3)cccc21. The highest BCUT2D eigenvalue weighted by Crippen LogP contribution is 2.58. The maximum Gasteiger partial charge on any atom is 0.123 e. The molecule has 0 fully saturated rings. The van der Waals surface area contributed by atoms with Crippen LogP contribution in [0.5, 0.6) is 0 Å². The first-order valence-corrected chi connectivity index (χ1v) is 20.4. The highest BCUT2D eigenvalue weighted by Gasteiger charge is 2.48. The summed E-state index contributed by atoms with van der Waals surface area (Å²) >= 11 is 0. The number of anilines is 3. The Hall–Kier alpha value is -7.16. The van der Waals surface area contributed by atoms with Crippen molar-refractivity contribution in [2.24, 2.45) is 0 Å². The molecule has 0 N–H and O–H groups in total. The van der Waals surface area contributed by atoms with E-state index in [0.29, 0.717) is 0 Å². The zero-order valence-corrected chi connectivity index (χ0v) is 32.5. The van der Waals surface area contributed by atoms with Crippen LogP contribution in [0.25, 0.3) is 54.8 Å². The molecule has 0 saturated carbocycles. The van der Waals surface area contributed by atoms with E-state index in [9.17, 15) is 0 Å². The molecule has 0 unspecified atom stereocenters. The van der Waals surface area contributed by atoms with Crippen LogP contribution < -0.4 is 4.90 Å². The van der Waals surface area contributed by atoms with Gasteiger partial charge in [0, 0.05) is 33.1 Å². The number of fused-ring (bicyclic) bond motifs is 10. The first kappa shape index (κ1) is 33.0. The van der Waals surface area contributed by atoms with Crippen LogP contribution in [0.3, 0.4) is 0 Å². The Morgan fingerprint density at radius 2 is 0.931 bits per heavy atom. The highest BCUT2D eigenvalue weighted by atomic mass is 15.2. The van der Waals surface area contributed by atoms with Crippen molar-refractivity contribution in [3.05, 3.63) is 234 Å². The number of nitrogens with zero attached hydrogens (tertiary/aromatic N) is 2. The second-order valence-corrected chi connectivity index (χ2v) is 16.4. The van der Waals surface area contributed by atoms with E-state index in [-0.39, 0.29) is 5.41 Å². The Bertz CT molecular complexity index is 3220. The van der Waals surface area contributed by atoms with Gasteiger partial charge in [-0.2, -0.15) is 0 Å². The summed E-state index contributed by atoms with van der Waals surface area (Å²) in [5.41, 5.74) is 16.8. The Kier molecular flexibility index (Phi) is 6.93. The van der Waals surface area contributed by atoms with E-state index in [4.69, 9.17) is 0 Å². The van der Waals surface area contributed by atoms with Gasteiger partial charge >= 0.3 is 0 Å². The van der Waals surface area contributed by atoms with Gasteiger partial charge in [-0.3, -0.25) is 0 Å². The lowest BCUT2D eigenvalue weighted by molar-refractivity contribution is 0.568. The van der Waals surface area contributed by atoms with Crippen molar-refractivity contribution in [2.45, 2.75) is 24.8 Å². The lowest BCUT2D eigenvalue weighted by atomic mass is 9.77. The monoisotopic (exact) mass is 740 g/mol. The molecule has 10 aromatic rings. The molecule has 9 aromatic carbocycles.